The van der Waals surface area contributed by atoms with E-state index in [4.69, 9.17) is 0 Å². The molecule has 0 fully saturated rings. The van der Waals surface area contributed by atoms with Gasteiger partial charge in [0.25, 0.3) is 0 Å². The Labute approximate surface area is 112 Å². The molecule has 2 aromatic carbocycles. The van der Waals surface area contributed by atoms with Gasteiger partial charge in [-0.1, -0.05) is 32.0 Å². The molecule has 2 aromatic rings. The number of rotatable bonds is 3. The summed E-state index contributed by atoms with van der Waals surface area (Å²) in [6, 6.07) is 8.61. The quantitative estimate of drug-likeness (QED) is 0.788. The van der Waals surface area contributed by atoms with Crippen LogP contribution in [0.5, 0.6) is 17.2 Å². The summed E-state index contributed by atoms with van der Waals surface area (Å²) in [5.74, 6) is 0.313. The van der Waals surface area contributed by atoms with Crippen LogP contribution in [-0.4, -0.2) is 15.3 Å². The van der Waals surface area contributed by atoms with Crippen molar-refractivity contribution < 1.29 is 15.3 Å². The van der Waals surface area contributed by atoms with Gasteiger partial charge in [-0.25, -0.2) is 0 Å². The van der Waals surface area contributed by atoms with Crippen LogP contribution in [0.1, 0.15) is 25.0 Å². The van der Waals surface area contributed by atoms with Crippen LogP contribution in [0.2, 0.25) is 0 Å². The minimum Gasteiger partial charge on any atom is -0.507 e. The van der Waals surface area contributed by atoms with Gasteiger partial charge in [0, 0.05) is 16.7 Å². The number of phenols is 3. The Balaban J connectivity index is 2.74. The molecule has 19 heavy (non-hydrogen) atoms. The van der Waals surface area contributed by atoms with Gasteiger partial charge in [-0.05, 0) is 30.5 Å². The molecule has 3 nitrogen and oxygen atoms in total. The van der Waals surface area contributed by atoms with Gasteiger partial charge in [0.15, 0.2) is 0 Å². The molecule has 0 bridgehead atoms. The molecule has 0 aromatic heterocycles. The summed E-state index contributed by atoms with van der Waals surface area (Å²) in [5, 5.41) is 30.3. The SMILES string of the molecule is CCc1cc(-c2ccccc2O)c(O)c(CC)c1O. The van der Waals surface area contributed by atoms with E-state index in [1.54, 1.807) is 30.3 Å². The van der Waals surface area contributed by atoms with Crippen molar-refractivity contribution in [3.8, 4) is 28.4 Å². The molecule has 0 heterocycles. The Morgan fingerprint density at radius 3 is 2.11 bits per heavy atom. The standard InChI is InChI=1S/C16H18O3/c1-3-10-9-13(12-7-5-6-8-14(12)17)16(19)11(4-2)15(10)18/h5-9,17-19H,3-4H2,1-2H3. The molecule has 100 valence electrons. The summed E-state index contributed by atoms with van der Waals surface area (Å²) in [6.45, 7) is 3.82. The monoisotopic (exact) mass is 258 g/mol. The predicted octanol–water partition coefficient (Wildman–Crippen LogP) is 3.60. The molecule has 0 aliphatic heterocycles. The lowest BCUT2D eigenvalue weighted by Gasteiger charge is -2.15. The largest absolute Gasteiger partial charge is 0.507 e. The second-order valence-electron chi connectivity index (χ2n) is 4.48. The maximum absolute atomic E-state index is 10.3. The van der Waals surface area contributed by atoms with Crippen LogP contribution < -0.4 is 0 Å². The molecule has 0 aliphatic carbocycles. The fraction of sp³-hybridized carbons (Fsp3) is 0.250. The van der Waals surface area contributed by atoms with Crippen LogP contribution in [0, 0.1) is 0 Å². The lowest BCUT2D eigenvalue weighted by molar-refractivity contribution is 0.435. The van der Waals surface area contributed by atoms with Gasteiger partial charge in [-0.2, -0.15) is 0 Å². The Kier molecular flexibility index (Phi) is 3.65. The first-order valence-electron chi connectivity index (χ1n) is 6.45. The Hall–Kier alpha value is -2.16. The van der Waals surface area contributed by atoms with E-state index in [9.17, 15) is 15.3 Å². The van der Waals surface area contributed by atoms with Crippen LogP contribution in [0.4, 0.5) is 0 Å². The molecule has 0 unspecified atom stereocenters. The van der Waals surface area contributed by atoms with Crippen molar-refractivity contribution >= 4 is 0 Å². The normalized spacial score (nSPS) is 10.6. The van der Waals surface area contributed by atoms with Crippen molar-refractivity contribution in [2.45, 2.75) is 26.7 Å². The molecular formula is C16H18O3. The lowest BCUT2D eigenvalue weighted by atomic mass is 9.94. The highest BCUT2D eigenvalue weighted by atomic mass is 16.3. The topological polar surface area (TPSA) is 60.7 Å². The van der Waals surface area contributed by atoms with Crippen LogP contribution in [0.25, 0.3) is 11.1 Å². The van der Waals surface area contributed by atoms with E-state index in [1.807, 2.05) is 13.8 Å². The molecule has 3 heteroatoms. The highest BCUT2D eigenvalue weighted by Gasteiger charge is 2.17. The van der Waals surface area contributed by atoms with Crippen molar-refractivity contribution in [3.05, 3.63) is 41.5 Å². The molecule has 0 radical (unpaired) electrons. The highest BCUT2D eigenvalue weighted by Crippen LogP contribution is 2.42. The maximum atomic E-state index is 10.3. The van der Waals surface area contributed by atoms with Crippen LogP contribution in [0.3, 0.4) is 0 Å². The molecule has 0 amide bonds. The number of para-hydroxylation sites is 1. The number of phenolic OH excluding ortho intramolecular Hbond substituents is 3. The van der Waals surface area contributed by atoms with E-state index in [0.29, 0.717) is 29.5 Å². The van der Waals surface area contributed by atoms with Crippen molar-refractivity contribution in [1.82, 2.24) is 0 Å². The van der Waals surface area contributed by atoms with Crippen molar-refractivity contribution in [2.24, 2.45) is 0 Å². The van der Waals surface area contributed by atoms with Gasteiger partial charge in [0.05, 0.1) is 0 Å². The number of hydrogen-bond acceptors (Lipinski definition) is 3. The minimum absolute atomic E-state index is 0.0405. The average molecular weight is 258 g/mol. The number of aryl methyl sites for hydroxylation is 1. The Morgan fingerprint density at radius 1 is 0.842 bits per heavy atom. The molecular weight excluding hydrogens is 240 g/mol. The Bertz CT molecular complexity index is 603. The van der Waals surface area contributed by atoms with Crippen LogP contribution >= 0.6 is 0 Å². The minimum atomic E-state index is 0.0405. The number of aromatic hydroxyl groups is 3. The summed E-state index contributed by atoms with van der Waals surface area (Å²) in [5.41, 5.74) is 2.43. The fourth-order valence-electron chi connectivity index (χ4n) is 2.29. The maximum Gasteiger partial charge on any atom is 0.130 e. The fourth-order valence-corrected chi connectivity index (χ4v) is 2.29. The van der Waals surface area contributed by atoms with E-state index in [1.165, 1.54) is 0 Å². The van der Waals surface area contributed by atoms with E-state index in [-0.39, 0.29) is 17.2 Å². The summed E-state index contributed by atoms with van der Waals surface area (Å²) >= 11 is 0. The zero-order chi connectivity index (χ0) is 14.0. The van der Waals surface area contributed by atoms with Gasteiger partial charge in [0.1, 0.15) is 17.2 Å². The highest BCUT2D eigenvalue weighted by molar-refractivity contribution is 5.78. The molecule has 0 atom stereocenters. The Morgan fingerprint density at radius 2 is 1.53 bits per heavy atom. The molecule has 2 rings (SSSR count). The van der Waals surface area contributed by atoms with Crippen molar-refractivity contribution in [3.63, 3.8) is 0 Å². The smallest absolute Gasteiger partial charge is 0.130 e. The second kappa shape index (κ2) is 5.22. The van der Waals surface area contributed by atoms with Crippen molar-refractivity contribution in [2.75, 3.05) is 0 Å². The first-order valence-corrected chi connectivity index (χ1v) is 6.45. The van der Waals surface area contributed by atoms with E-state index >= 15 is 0 Å². The van der Waals surface area contributed by atoms with E-state index in [2.05, 4.69) is 0 Å². The third kappa shape index (κ3) is 2.24. The summed E-state index contributed by atoms with van der Waals surface area (Å²) in [7, 11) is 0. The van der Waals surface area contributed by atoms with Gasteiger partial charge in [-0.3, -0.25) is 0 Å². The second-order valence-corrected chi connectivity index (χ2v) is 4.48. The summed E-state index contributed by atoms with van der Waals surface area (Å²) in [6.07, 6.45) is 1.20. The first-order chi connectivity index (χ1) is 9.10. The average Bonchev–Trinajstić information content (AvgIpc) is 2.41. The zero-order valence-corrected chi connectivity index (χ0v) is 11.1. The third-order valence-electron chi connectivity index (χ3n) is 3.38. The van der Waals surface area contributed by atoms with Gasteiger partial charge in [0.2, 0.25) is 0 Å². The van der Waals surface area contributed by atoms with Crippen LogP contribution in [0.15, 0.2) is 30.3 Å². The summed E-state index contributed by atoms with van der Waals surface area (Å²) in [4.78, 5) is 0. The molecule has 0 aliphatic rings. The lowest BCUT2D eigenvalue weighted by Crippen LogP contribution is -1.93. The summed E-state index contributed by atoms with van der Waals surface area (Å²) < 4.78 is 0. The van der Waals surface area contributed by atoms with Crippen molar-refractivity contribution in [1.29, 1.82) is 0 Å². The van der Waals surface area contributed by atoms with Gasteiger partial charge < -0.3 is 15.3 Å². The number of hydrogen-bond donors (Lipinski definition) is 3. The third-order valence-corrected chi connectivity index (χ3v) is 3.38. The first kappa shape index (κ1) is 13.3. The van der Waals surface area contributed by atoms with Crippen LogP contribution in [-0.2, 0) is 12.8 Å². The molecule has 0 spiro atoms. The predicted molar refractivity (Wildman–Crippen MR) is 75.6 cm³/mol. The molecule has 3 N–H and O–H groups in total. The van der Waals surface area contributed by atoms with Gasteiger partial charge >= 0.3 is 0 Å². The van der Waals surface area contributed by atoms with E-state index in [0.717, 1.165) is 5.56 Å². The zero-order valence-electron chi connectivity index (χ0n) is 11.1. The number of benzene rings is 2. The van der Waals surface area contributed by atoms with E-state index < -0.39 is 0 Å². The van der Waals surface area contributed by atoms with Gasteiger partial charge in [-0.15, -0.1) is 0 Å². The molecule has 0 saturated heterocycles. The molecule has 0 saturated carbocycles.